The zero-order valence-electron chi connectivity index (χ0n) is 11.7. The van der Waals surface area contributed by atoms with Crippen LogP contribution in [0.2, 0.25) is 0 Å². The van der Waals surface area contributed by atoms with Crippen LogP contribution in [0.5, 0.6) is 5.75 Å². The molecule has 0 saturated heterocycles. The smallest absolute Gasteiger partial charge is 0.339 e. The van der Waals surface area contributed by atoms with Gasteiger partial charge in [-0.1, -0.05) is 11.8 Å². The first-order chi connectivity index (χ1) is 10.5. The van der Waals surface area contributed by atoms with E-state index in [2.05, 4.69) is 11.8 Å². The lowest BCUT2D eigenvalue weighted by atomic mass is 10.1. The SMILES string of the molecule is COc1cc(C#Cc2ccc(C(=O)O)cc2)ccc1C(=O)O. The largest absolute Gasteiger partial charge is 0.496 e. The van der Waals surface area contributed by atoms with Gasteiger partial charge in [0.25, 0.3) is 0 Å². The molecule has 0 saturated carbocycles. The standard InChI is InChI=1S/C17H12O5/c1-22-15-10-12(6-9-14(15)17(20)21)3-2-11-4-7-13(8-5-11)16(18)19/h4-10H,1H3,(H,18,19)(H,20,21). The lowest BCUT2D eigenvalue weighted by Crippen LogP contribution is -2.00. The summed E-state index contributed by atoms with van der Waals surface area (Å²) in [5, 5.41) is 17.8. The molecular weight excluding hydrogens is 284 g/mol. The molecule has 0 aliphatic rings. The Kier molecular flexibility index (Phi) is 4.44. The molecule has 5 heteroatoms. The van der Waals surface area contributed by atoms with Crippen LogP contribution in [-0.4, -0.2) is 29.3 Å². The predicted octanol–water partition coefficient (Wildman–Crippen LogP) is 2.49. The van der Waals surface area contributed by atoms with Crippen molar-refractivity contribution < 1.29 is 24.5 Å². The molecule has 0 spiro atoms. The second-order valence-corrected chi connectivity index (χ2v) is 4.35. The van der Waals surface area contributed by atoms with Crippen LogP contribution < -0.4 is 4.74 Å². The van der Waals surface area contributed by atoms with Gasteiger partial charge in [0.05, 0.1) is 12.7 Å². The average Bonchev–Trinajstić information content (AvgIpc) is 2.52. The van der Waals surface area contributed by atoms with E-state index in [1.54, 1.807) is 24.3 Å². The molecule has 0 aromatic heterocycles. The first kappa shape index (κ1) is 15.1. The maximum Gasteiger partial charge on any atom is 0.339 e. The van der Waals surface area contributed by atoms with Gasteiger partial charge in [0.1, 0.15) is 11.3 Å². The lowest BCUT2D eigenvalue weighted by molar-refractivity contribution is 0.0684. The highest BCUT2D eigenvalue weighted by Crippen LogP contribution is 2.19. The minimum atomic E-state index is -1.07. The van der Waals surface area contributed by atoms with E-state index in [1.807, 2.05) is 0 Å². The number of carboxylic acids is 2. The van der Waals surface area contributed by atoms with Crippen LogP contribution in [0.1, 0.15) is 31.8 Å². The van der Waals surface area contributed by atoms with Crippen molar-refractivity contribution in [2.75, 3.05) is 7.11 Å². The number of methoxy groups -OCH3 is 1. The first-order valence-electron chi connectivity index (χ1n) is 6.28. The molecule has 0 bridgehead atoms. The average molecular weight is 296 g/mol. The first-order valence-corrected chi connectivity index (χ1v) is 6.28. The predicted molar refractivity (Wildman–Crippen MR) is 79.3 cm³/mol. The molecule has 2 aromatic carbocycles. The van der Waals surface area contributed by atoms with Crippen LogP contribution in [0.3, 0.4) is 0 Å². The van der Waals surface area contributed by atoms with E-state index in [-0.39, 0.29) is 16.9 Å². The summed E-state index contributed by atoms with van der Waals surface area (Å²) in [5.41, 5.74) is 1.52. The second kappa shape index (κ2) is 6.46. The molecule has 0 heterocycles. The number of aromatic carboxylic acids is 2. The van der Waals surface area contributed by atoms with E-state index in [1.165, 1.54) is 25.3 Å². The highest BCUT2D eigenvalue weighted by Gasteiger charge is 2.10. The third-order valence-corrected chi connectivity index (χ3v) is 2.91. The van der Waals surface area contributed by atoms with Crippen LogP contribution in [-0.2, 0) is 0 Å². The molecule has 2 rings (SSSR count). The summed E-state index contributed by atoms with van der Waals surface area (Å²) in [5.74, 6) is 3.94. The molecule has 0 radical (unpaired) electrons. The minimum Gasteiger partial charge on any atom is -0.496 e. The van der Waals surface area contributed by atoms with Gasteiger partial charge < -0.3 is 14.9 Å². The summed E-state index contributed by atoms with van der Waals surface area (Å²) >= 11 is 0. The number of hydrogen-bond donors (Lipinski definition) is 2. The topological polar surface area (TPSA) is 83.8 Å². The molecule has 5 nitrogen and oxygen atoms in total. The molecular formula is C17H12O5. The summed E-state index contributed by atoms with van der Waals surface area (Å²) in [6.45, 7) is 0. The van der Waals surface area contributed by atoms with Crippen molar-refractivity contribution in [2.45, 2.75) is 0 Å². The molecule has 0 atom stereocenters. The van der Waals surface area contributed by atoms with E-state index in [0.29, 0.717) is 11.1 Å². The van der Waals surface area contributed by atoms with Gasteiger partial charge in [-0.05, 0) is 42.5 Å². The molecule has 22 heavy (non-hydrogen) atoms. The molecule has 0 amide bonds. The van der Waals surface area contributed by atoms with Crippen LogP contribution in [0, 0.1) is 11.8 Å². The van der Waals surface area contributed by atoms with Crippen molar-refractivity contribution in [3.8, 4) is 17.6 Å². The van der Waals surface area contributed by atoms with Gasteiger partial charge in [0.15, 0.2) is 0 Å². The van der Waals surface area contributed by atoms with Gasteiger partial charge in [-0.15, -0.1) is 0 Å². The second-order valence-electron chi connectivity index (χ2n) is 4.35. The van der Waals surface area contributed by atoms with Crippen LogP contribution in [0.25, 0.3) is 0 Å². The normalized spacial score (nSPS) is 9.50. The van der Waals surface area contributed by atoms with Gasteiger partial charge in [-0.2, -0.15) is 0 Å². The number of rotatable bonds is 3. The van der Waals surface area contributed by atoms with Crippen molar-refractivity contribution in [3.05, 3.63) is 64.7 Å². The van der Waals surface area contributed by atoms with Crippen molar-refractivity contribution >= 4 is 11.9 Å². The van der Waals surface area contributed by atoms with E-state index in [4.69, 9.17) is 14.9 Å². The Bertz CT molecular complexity index is 779. The van der Waals surface area contributed by atoms with Gasteiger partial charge in [-0.3, -0.25) is 0 Å². The van der Waals surface area contributed by atoms with Gasteiger partial charge >= 0.3 is 11.9 Å². The van der Waals surface area contributed by atoms with Crippen molar-refractivity contribution in [1.29, 1.82) is 0 Å². The van der Waals surface area contributed by atoms with E-state index < -0.39 is 11.9 Å². The quantitative estimate of drug-likeness (QED) is 0.850. The fourth-order valence-corrected chi connectivity index (χ4v) is 1.79. The van der Waals surface area contributed by atoms with Crippen LogP contribution in [0.4, 0.5) is 0 Å². The fourth-order valence-electron chi connectivity index (χ4n) is 1.79. The molecule has 2 aromatic rings. The van der Waals surface area contributed by atoms with E-state index >= 15 is 0 Å². The minimum absolute atomic E-state index is 0.0684. The Labute approximate surface area is 126 Å². The zero-order valence-corrected chi connectivity index (χ0v) is 11.7. The lowest BCUT2D eigenvalue weighted by Gasteiger charge is -2.04. The molecule has 110 valence electrons. The van der Waals surface area contributed by atoms with E-state index in [0.717, 1.165) is 0 Å². The number of carboxylic acid groups (broad SMARTS) is 2. The van der Waals surface area contributed by atoms with Gasteiger partial charge in [0.2, 0.25) is 0 Å². The Morgan fingerprint density at radius 2 is 1.50 bits per heavy atom. The number of carbonyl (C=O) groups is 2. The van der Waals surface area contributed by atoms with Crippen LogP contribution in [0.15, 0.2) is 42.5 Å². The van der Waals surface area contributed by atoms with Gasteiger partial charge in [0, 0.05) is 11.1 Å². The summed E-state index contributed by atoms with van der Waals surface area (Å²) in [4.78, 5) is 21.7. The van der Waals surface area contributed by atoms with Crippen molar-refractivity contribution in [1.82, 2.24) is 0 Å². The van der Waals surface area contributed by atoms with Crippen molar-refractivity contribution in [2.24, 2.45) is 0 Å². The molecule has 0 unspecified atom stereocenters. The highest BCUT2D eigenvalue weighted by molar-refractivity contribution is 5.91. The summed E-state index contributed by atoms with van der Waals surface area (Å²) in [6.07, 6.45) is 0. The third-order valence-electron chi connectivity index (χ3n) is 2.91. The molecule has 0 aliphatic carbocycles. The van der Waals surface area contributed by atoms with Crippen LogP contribution >= 0.6 is 0 Å². The highest BCUT2D eigenvalue weighted by atomic mass is 16.5. The molecule has 0 aliphatic heterocycles. The molecule has 2 N–H and O–H groups in total. The monoisotopic (exact) mass is 296 g/mol. The number of ether oxygens (including phenoxy) is 1. The Balaban J connectivity index is 2.28. The maximum absolute atomic E-state index is 11.0. The number of benzene rings is 2. The summed E-state index contributed by atoms with van der Waals surface area (Å²) in [7, 11) is 1.39. The van der Waals surface area contributed by atoms with Crippen molar-refractivity contribution in [3.63, 3.8) is 0 Å². The maximum atomic E-state index is 11.0. The third kappa shape index (κ3) is 3.44. The van der Waals surface area contributed by atoms with E-state index in [9.17, 15) is 9.59 Å². The zero-order chi connectivity index (χ0) is 16.1. The number of hydrogen-bond acceptors (Lipinski definition) is 3. The molecule has 0 fully saturated rings. The Hall–Kier alpha value is -3.26. The fraction of sp³-hybridized carbons (Fsp3) is 0.0588. The Morgan fingerprint density at radius 1 is 0.909 bits per heavy atom. The summed E-state index contributed by atoms with van der Waals surface area (Å²) in [6, 6.07) is 10.7. The van der Waals surface area contributed by atoms with Gasteiger partial charge in [-0.25, -0.2) is 9.59 Å². The Morgan fingerprint density at radius 3 is 2.05 bits per heavy atom. The summed E-state index contributed by atoms with van der Waals surface area (Å²) < 4.78 is 5.03.